The van der Waals surface area contributed by atoms with Gasteiger partial charge in [-0.15, -0.1) is 0 Å². The van der Waals surface area contributed by atoms with Crippen LogP contribution in [0.3, 0.4) is 0 Å². The molecule has 0 aliphatic carbocycles. The number of rotatable bonds is 6. The van der Waals surface area contributed by atoms with Crippen LogP contribution in [0.5, 0.6) is 0 Å². The van der Waals surface area contributed by atoms with E-state index in [0.717, 1.165) is 0 Å². The normalized spacial score (nSPS) is 11.6. The predicted molar refractivity (Wildman–Crippen MR) is 110 cm³/mol. The summed E-state index contributed by atoms with van der Waals surface area (Å²) in [5.41, 5.74) is 0.379. The van der Waals surface area contributed by atoms with Crippen molar-refractivity contribution in [1.29, 1.82) is 0 Å². The summed E-state index contributed by atoms with van der Waals surface area (Å²) in [5, 5.41) is 0.358. The van der Waals surface area contributed by atoms with E-state index in [1.54, 1.807) is 30.3 Å². The van der Waals surface area contributed by atoms with Crippen molar-refractivity contribution < 1.29 is 21.6 Å². The van der Waals surface area contributed by atoms with Crippen LogP contribution in [-0.4, -0.2) is 22.7 Å². The fourth-order valence-corrected chi connectivity index (χ4v) is 4.52. The van der Waals surface area contributed by atoms with Crippen LogP contribution in [0.2, 0.25) is 5.02 Å². The van der Waals surface area contributed by atoms with Gasteiger partial charge in [0.1, 0.15) is 0 Å². The van der Waals surface area contributed by atoms with Crippen LogP contribution in [-0.2, 0) is 20.0 Å². The second-order valence-electron chi connectivity index (χ2n) is 5.88. The summed E-state index contributed by atoms with van der Waals surface area (Å²) in [6.45, 7) is 0. The second-order valence-corrected chi connectivity index (χ2v) is 9.69. The number of hydrogen-bond donors (Lipinski definition) is 2. The first-order chi connectivity index (χ1) is 13.7. The number of benzene rings is 3. The minimum absolute atomic E-state index is 0.0128. The maximum atomic E-state index is 12.4. The van der Waals surface area contributed by atoms with Crippen molar-refractivity contribution in [2.24, 2.45) is 0 Å². The zero-order valence-corrected chi connectivity index (χ0v) is 17.1. The van der Waals surface area contributed by atoms with Crippen molar-refractivity contribution in [3.8, 4) is 0 Å². The molecule has 0 aromatic heterocycles. The highest BCUT2D eigenvalue weighted by Crippen LogP contribution is 2.17. The molecule has 10 heteroatoms. The van der Waals surface area contributed by atoms with Crippen molar-refractivity contribution in [2.75, 3.05) is 4.72 Å². The minimum atomic E-state index is -4.09. The van der Waals surface area contributed by atoms with Gasteiger partial charge in [-0.05, 0) is 60.7 Å². The first-order valence-electron chi connectivity index (χ1n) is 8.18. The molecule has 1 amide bonds. The molecule has 3 aromatic carbocycles. The molecule has 0 aliphatic rings. The van der Waals surface area contributed by atoms with Gasteiger partial charge in [-0.2, -0.15) is 0 Å². The van der Waals surface area contributed by atoms with Gasteiger partial charge in [0.2, 0.25) is 0 Å². The van der Waals surface area contributed by atoms with E-state index in [1.807, 2.05) is 4.72 Å². The SMILES string of the molecule is O=C(NS(=O)(=O)c1ccc(Cl)cc1)c1ccc(S(=O)(=O)Nc2ccccc2)cc1. The van der Waals surface area contributed by atoms with Crippen LogP contribution in [0, 0.1) is 0 Å². The number of para-hydroxylation sites is 1. The third kappa shape index (κ3) is 5.14. The van der Waals surface area contributed by atoms with Crippen molar-refractivity contribution in [3.63, 3.8) is 0 Å². The number of sulfonamides is 2. The maximum Gasteiger partial charge on any atom is 0.264 e. The predicted octanol–water partition coefficient (Wildman–Crippen LogP) is 3.26. The summed E-state index contributed by atoms with van der Waals surface area (Å²) in [7, 11) is -7.94. The standard InChI is InChI=1S/C19H15ClN2O5S2/c20-15-8-12-18(13-9-15)29(26,27)22-19(23)14-6-10-17(11-7-14)28(24,25)21-16-4-2-1-3-5-16/h1-13,21H,(H,22,23). The van der Waals surface area contributed by atoms with Crippen molar-refractivity contribution in [1.82, 2.24) is 4.72 Å². The molecular formula is C19H15ClN2O5S2. The number of hydrogen-bond acceptors (Lipinski definition) is 5. The molecule has 0 aliphatic heterocycles. The van der Waals surface area contributed by atoms with Crippen LogP contribution in [0.1, 0.15) is 10.4 Å². The molecule has 3 aromatic rings. The number of carbonyl (C=O) groups excluding carboxylic acids is 1. The summed E-state index contributed by atoms with van der Waals surface area (Å²) in [5.74, 6) is -0.889. The average molecular weight is 451 g/mol. The third-order valence-corrected chi connectivity index (χ3v) is 6.80. The highest BCUT2D eigenvalue weighted by atomic mass is 35.5. The van der Waals surface area contributed by atoms with Gasteiger partial charge >= 0.3 is 0 Å². The van der Waals surface area contributed by atoms with Crippen molar-refractivity contribution in [3.05, 3.63) is 89.4 Å². The Labute approximate surface area is 173 Å². The Morgan fingerprint density at radius 3 is 1.79 bits per heavy atom. The van der Waals surface area contributed by atoms with Crippen LogP contribution < -0.4 is 9.44 Å². The summed E-state index contributed by atoms with van der Waals surface area (Å²) < 4.78 is 53.7. The molecule has 0 fully saturated rings. The van der Waals surface area contributed by atoms with Gasteiger partial charge in [0.25, 0.3) is 26.0 Å². The molecule has 0 bridgehead atoms. The average Bonchev–Trinajstić information content (AvgIpc) is 2.68. The molecule has 150 valence electrons. The molecule has 0 atom stereocenters. The topological polar surface area (TPSA) is 109 Å². The van der Waals surface area contributed by atoms with E-state index < -0.39 is 26.0 Å². The molecule has 0 saturated carbocycles. The molecule has 7 nitrogen and oxygen atoms in total. The lowest BCUT2D eigenvalue weighted by molar-refractivity contribution is 0.0981. The van der Waals surface area contributed by atoms with E-state index in [2.05, 4.69) is 4.72 Å². The van der Waals surface area contributed by atoms with Gasteiger partial charge in [-0.25, -0.2) is 21.6 Å². The van der Waals surface area contributed by atoms with E-state index in [-0.39, 0.29) is 15.4 Å². The van der Waals surface area contributed by atoms with Gasteiger partial charge in [0, 0.05) is 16.3 Å². The van der Waals surface area contributed by atoms with Crippen molar-refractivity contribution in [2.45, 2.75) is 9.79 Å². The summed E-state index contributed by atoms with van der Waals surface area (Å²) in [6, 6.07) is 18.5. The number of anilines is 1. The molecule has 0 unspecified atom stereocenters. The zero-order chi connectivity index (χ0) is 21.1. The lowest BCUT2D eigenvalue weighted by Gasteiger charge is -2.09. The van der Waals surface area contributed by atoms with E-state index in [1.165, 1.54) is 48.5 Å². The second kappa shape index (κ2) is 8.24. The molecule has 0 spiro atoms. The Balaban J connectivity index is 1.75. The molecule has 3 rings (SSSR count). The van der Waals surface area contributed by atoms with Gasteiger partial charge in [-0.3, -0.25) is 9.52 Å². The molecular weight excluding hydrogens is 436 g/mol. The summed E-state index contributed by atoms with van der Waals surface area (Å²) >= 11 is 5.73. The van der Waals surface area contributed by atoms with Gasteiger partial charge in [0.05, 0.1) is 9.79 Å². The highest BCUT2D eigenvalue weighted by molar-refractivity contribution is 7.92. The van der Waals surface area contributed by atoms with Gasteiger partial charge in [0.15, 0.2) is 0 Å². The lowest BCUT2D eigenvalue weighted by Crippen LogP contribution is -2.30. The van der Waals surface area contributed by atoms with Crippen molar-refractivity contribution >= 4 is 43.2 Å². The smallest absolute Gasteiger partial charge is 0.264 e. The van der Waals surface area contributed by atoms with E-state index >= 15 is 0 Å². The van der Waals surface area contributed by atoms with E-state index in [9.17, 15) is 21.6 Å². The minimum Gasteiger partial charge on any atom is -0.280 e. The maximum absolute atomic E-state index is 12.4. The van der Waals surface area contributed by atoms with Crippen LogP contribution >= 0.6 is 11.6 Å². The van der Waals surface area contributed by atoms with Gasteiger partial charge in [-0.1, -0.05) is 29.8 Å². The van der Waals surface area contributed by atoms with E-state index in [4.69, 9.17) is 11.6 Å². The molecule has 2 N–H and O–H groups in total. The van der Waals surface area contributed by atoms with Gasteiger partial charge < -0.3 is 0 Å². The number of carbonyl (C=O) groups is 1. The van der Waals surface area contributed by atoms with Crippen LogP contribution in [0.4, 0.5) is 5.69 Å². The Morgan fingerprint density at radius 2 is 1.21 bits per heavy atom. The summed E-state index contributed by atoms with van der Waals surface area (Å²) in [4.78, 5) is 12.1. The third-order valence-electron chi connectivity index (χ3n) is 3.80. The fourth-order valence-electron chi connectivity index (χ4n) is 2.36. The van der Waals surface area contributed by atoms with E-state index in [0.29, 0.717) is 10.7 Å². The molecule has 0 radical (unpaired) electrons. The Morgan fingerprint density at radius 1 is 0.690 bits per heavy atom. The number of nitrogens with one attached hydrogen (secondary N) is 2. The van der Waals surface area contributed by atoms with Crippen LogP contribution in [0.25, 0.3) is 0 Å². The van der Waals surface area contributed by atoms with Crippen LogP contribution in [0.15, 0.2) is 88.7 Å². The lowest BCUT2D eigenvalue weighted by atomic mass is 10.2. The first kappa shape index (κ1) is 20.8. The molecule has 0 heterocycles. The largest absolute Gasteiger partial charge is 0.280 e. The first-order valence-corrected chi connectivity index (χ1v) is 11.5. The molecule has 29 heavy (non-hydrogen) atoms. The summed E-state index contributed by atoms with van der Waals surface area (Å²) in [6.07, 6.45) is 0. The Hall–Kier alpha value is -2.88. The zero-order valence-electron chi connectivity index (χ0n) is 14.7. The number of amides is 1. The number of halogens is 1. The quantitative estimate of drug-likeness (QED) is 0.599. The monoisotopic (exact) mass is 450 g/mol. The fraction of sp³-hybridized carbons (Fsp3) is 0. The molecule has 0 saturated heterocycles. The highest BCUT2D eigenvalue weighted by Gasteiger charge is 2.20. The Kier molecular flexibility index (Phi) is 5.92. The Bertz CT molecular complexity index is 1230.